The normalized spacial score (nSPS) is 21.4. The molecule has 2 aromatic heterocycles. The third-order valence-electron chi connectivity index (χ3n) is 6.06. The molecule has 0 bridgehead atoms. The van der Waals surface area contributed by atoms with E-state index in [1.807, 2.05) is 18.2 Å². The standard InChI is InChI=1S/C23H26N2O3/c1-2-6-22-20(5-1)21(24-15-18-7-13-26-17-18)14-23(28-22)8-10-25(11-9-23)16-19-4-3-12-27-19/h1-7,12-13,17,21,24H,8-11,14-16H2/t21-/m0/s1. The zero-order valence-electron chi connectivity index (χ0n) is 16.0. The number of hydrogen-bond acceptors (Lipinski definition) is 5. The number of piperidine rings is 1. The number of fused-ring (bicyclic) bond motifs is 1. The largest absolute Gasteiger partial charge is 0.487 e. The van der Waals surface area contributed by atoms with Crippen molar-refractivity contribution in [2.75, 3.05) is 13.1 Å². The third-order valence-corrected chi connectivity index (χ3v) is 6.06. The number of ether oxygens (including phenoxy) is 1. The summed E-state index contributed by atoms with van der Waals surface area (Å²) in [5, 5.41) is 3.73. The Bertz CT molecular complexity index is 880. The molecule has 1 atom stereocenters. The van der Waals surface area contributed by atoms with E-state index in [1.54, 1.807) is 18.8 Å². The molecule has 0 aliphatic carbocycles. The van der Waals surface area contributed by atoms with Crippen LogP contribution in [0.5, 0.6) is 5.75 Å². The van der Waals surface area contributed by atoms with Crippen molar-refractivity contribution in [1.82, 2.24) is 10.2 Å². The molecule has 2 aliphatic heterocycles. The number of para-hydroxylation sites is 1. The highest BCUT2D eigenvalue weighted by Crippen LogP contribution is 2.44. The molecule has 1 saturated heterocycles. The van der Waals surface area contributed by atoms with Crippen molar-refractivity contribution in [3.05, 3.63) is 78.1 Å². The number of nitrogens with one attached hydrogen (secondary N) is 1. The molecule has 5 nitrogen and oxygen atoms in total. The van der Waals surface area contributed by atoms with E-state index >= 15 is 0 Å². The Balaban J connectivity index is 1.29. The Morgan fingerprint density at radius 1 is 1.04 bits per heavy atom. The third kappa shape index (κ3) is 3.60. The fourth-order valence-corrected chi connectivity index (χ4v) is 4.48. The smallest absolute Gasteiger partial charge is 0.124 e. The minimum Gasteiger partial charge on any atom is -0.487 e. The molecule has 1 aromatic carbocycles. The van der Waals surface area contributed by atoms with Crippen molar-refractivity contribution in [1.29, 1.82) is 0 Å². The molecular formula is C23H26N2O3. The minimum atomic E-state index is -0.0952. The van der Waals surface area contributed by atoms with E-state index in [4.69, 9.17) is 13.6 Å². The maximum atomic E-state index is 6.60. The molecule has 1 fully saturated rings. The molecule has 0 unspecified atom stereocenters. The van der Waals surface area contributed by atoms with Crippen molar-refractivity contribution in [2.45, 2.75) is 44.0 Å². The summed E-state index contributed by atoms with van der Waals surface area (Å²) in [6.45, 7) is 3.73. The van der Waals surface area contributed by atoms with E-state index in [0.717, 1.165) is 57.0 Å². The Morgan fingerprint density at radius 3 is 2.71 bits per heavy atom. The number of likely N-dealkylation sites (tertiary alicyclic amines) is 1. The SMILES string of the molecule is c1coc(CN2CCC3(CC2)C[C@H](NCc2ccoc2)c2ccccc2O3)c1. The van der Waals surface area contributed by atoms with Crippen LogP contribution in [0.2, 0.25) is 0 Å². The lowest BCUT2D eigenvalue weighted by molar-refractivity contribution is -0.0283. The van der Waals surface area contributed by atoms with Crippen molar-refractivity contribution in [3.8, 4) is 5.75 Å². The Morgan fingerprint density at radius 2 is 1.93 bits per heavy atom. The van der Waals surface area contributed by atoms with Crippen LogP contribution in [-0.4, -0.2) is 23.6 Å². The number of hydrogen-bond donors (Lipinski definition) is 1. The maximum Gasteiger partial charge on any atom is 0.124 e. The topological polar surface area (TPSA) is 50.8 Å². The summed E-state index contributed by atoms with van der Waals surface area (Å²) in [7, 11) is 0. The monoisotopic (exact) mass is 378 g/mol. The van der Waals surface area contributed by atoms with E-state index in [2.05, 4.69) is 34.5 Å². The molecule has 1 N–H and O–H groups in total. The van der Waals surface area contributed by atoms with Gasteiger partial charge < -0.3 is 18.9 Å². The van der Waals surface area contributed by atoms with E-state index < -0.39 is 0 Å². The minimum absolute atomic E-state index is 0.0952. The molecule has 1 spiro atoms. The summed E-state index contributed by atoms with van der Waals surface area (Å²) < 4.78 is 17.3. The molecular weight excluding hydrogens is 352 g/mol. The first kappa shape index (κ1) is 17.6. The Labute approximate surface area is 165 Å². The lowest BCUT2D eigenvalue weighted by atomic mass is 9.80. The first-order valence-electron chi connectivity index (χ1n) is 10.1. The second-order valence-corrected chi connectivity index (χ2v) is 7.95. The predicted molar refractivity (Wildman–Crippen MR) is 106 cm³/mol. The first-order valence-corrected chi connectivity index (χ1v) is 10.1. The summed E-state index contributed by atoms with van der Waals surface area (Å²) in [6, 6.07) is 14.8. The van der Waals surface area contributed by atoms with Gasteiger partial charge >= 0.3 is 0 Å². The molecule has 5 rings (SSSR count). The van der Waals surface area contributed by atoms with Crippen molar-refractivity contribution < 1.29 is 13.6 Å². The number of benzene rings is 1. The lowest BCUT2D eigenvalue weighted by Crippen LogP contribution is -2.51. The van der Waals surface area contributed by atoms with Crippen molar-refractivity contribution in [2.24, 2.45) is 0 Å². The lowest BCUT2D eigenvalue weighted by Gasteiger charge is -2.47. The van der Waals surface area contributed by atoms with Crippen LogP contribution in [0.3, 0.4) is 0 Å². The van der Waals surface area contributed by atoms with Gasteiger partial charge in [0.1, 0.15) is 17.1 Å². The second-order valence-electron chi connectivity index (χ2n) is 7.95. The van der Waals surface area contributed by atoms with Crippen molar-refractivity contribution >= 4 is 0 Å². The highest BCUT2D eigenvalue weighted by atomic mass is 16.5. The van der Waals surface area contributed by atoms with Gasteiger partial charge in [0, 0.05) is 43.2 Å². The van der Waals surface area contributed by atoms with Gasteiger partial charge in [-0.25, -0.2) is 0 Å². The molecule has 0 saturated carbocycles. The average Bonchev–Trinajstić information content (AvgIpc) is 3.42. The quantitative estimate of drug-likeness (QED) is 0.707. The maximum absolute atomic E-state index is 6.60. The van der Waals surface area contributed by atoms with Gasteiger partial charge in [-0.3, -0.25) is 4.90 Å². The van der Waals surface area contributed by atoms with Crippen molar-refractivity contribution in [3.63, 3.8) is 0 Å². The molecule has 146 valence electrons. The van der Waals surface area contributed by atoms with Gasteiger partial charge in [-0.2, -0.15) is 0 Å². The van der Waals surface area contributed by atoms with Gasteiger partial charge in [-0.1, -0.05) is 18.2 Å². The van der Waals surface area contributed by atoms with E-state index in [9.17, 15) is 0 Å². The van der Waals surface area contributed by atoms with E-state index in [0.29, 0.717) is 0 Å². The summed E-state index contributed by atoms with van der Waals surface area (Å²) in [5.41, 5.74) is 2.34. The summed E-state index contributed by atoms with van der Waals surface area (Å²) >= 11 is 0. The summed E-state index contributed by atoms with van der Waals surface area (Å²) in [5.74, 6) is 2.06. The van der Waals surface area contributed by atoms with Crippen LogP contribution in [0.25, 0.3) is 0 Å². The van der Waals surface area contributed by atoms with Gasteiger partial charge in [0.2, 0.25) is 0 Å². The molecule has 5 heteroatoms. The molecule has 28 heavy (non-hydrogen) atoms. The van der Waals surface area contributed by atoms with Crippen LogP contribution in [0.4, 0.5) is 0 Å². The van der Waals surface area contributed by atoms with Crippen LogP contribution < -0.4 is 10.1 Å². The van der Waals surface area contributed by atoms with Crippen LogP contribution in [0.15, 0.2) is 70.1 Å². The molecule has 0 amide bonds. The highest BCUT2D eigenvalue weighted by Gasteiger charge is 2.43. The van der Waals surface area contributed by atoms with Crippen LogP contribution in [0, 0.1) is 0 Å². The van der Waals surface area contributed by atoms with Gasteiger partial charge in [-0.15, -0.1) is 0 Å². The molecule has 3 aromatic rings. The number of rotatable bonds is 5. The molecule has 0 radical (unpaired) electrons. The average molecular weight is 378 g/mol. The second kappa shape index (κ2) is 7.49. The van der Waals surface area contributed by atoms with Gasteiger partial charge in [0.25, 0.3) is 0 Å². The summed E-state index contributed by atoms with van der Waals surface area (Å²) in [6.07, 6.45) is 8.35. The zero-order valence-corrected chi connectivity index (χ0v) is 16.0. The Hall–Kier alpha value is -2.50. The number of furan rings is 2. The van der Waals surface area contributed by atoms with E-state index in [1.165, 1.54) is 11.1 Å². The molecule has 4 heterocycles. The predicted octanol–water partition coefficient (Wildman–Crippen LogP) is 4.52. The first-order chi connectivity index (χ1) is 13.8. The fraction of sp³-hybridized carbons (Fsp3) is 0.391. The summed E-state index contributed by atoms with van der Waals surface area (Å²) in [4.78, 5) is 2.46. The highest BCUT2D eigenvalue weighted by molar-refractivity contribution is 5.39. The van der Waals surface area contributed by atoms with Gasteiger partial charge in [0.05, 0.1) is 25.3 Å². The van der Waals surface area contributed by atoms with Crippen LogP contribution >= 0.6 is 0 Å². The van der Waals surface area contributed by atoms with E-state index in [-0.39, 0.29) is 11.6 Å². The van der Waals surface area contributed by atoms with Crippen LogP contribution in [0.1, 0.15) is 42.2 Å². The Kier molecular flexibility index (Phi) is 4.71. The van der Waals surface area contributed by atoms with Crippen LogP contribution in [-0.2, 0) is 13.1 Å². The van der Waals surface area contributed by atoms with Gasteiger partial charge in [0.15, 0.2) is 0 Å². The number of nitrogens with zero attached hydrogens (tertiary/aromatic N) is 1. The van der Waals surface area contributed by atoms with Gasteiger partial charge in [-0.05, 0) is 37.1 Å². The molecule has 2 aliphatic rings. The zero-order chi connectivity index (χ0) is 18.8. The fourth-order valence-electron chi connectivity index (χ4n) is 4.48.